The summed E-state index contributed by atoms with van der Waals surface area (Å²) >= 11 is 1.28. The molecule has 38 heavy (non-hydrogen) atoms. The van der Waals surface area contributed by atoms with Crippen LogP contribution in [0.15, 0.2) is 54.6 Å². The number of hydrazine groups is 1. The van der Waals surface area contributed by atoms with Crippen LogP contribution in [0, 0.1) is 0 Å². The molecule has 0 aliphatic carbocycles. The maximum absolute atomic E-state index is 12.8. The van der Waals surface area contributed by atoms with Crippen molar-refractivity contribution >= 4 is 28.3 Å². The molecule has 0 aliphatic rings. The van der Waals surface area contributed by atoms with Gasteiger partial charge in [-0.15, -0.1) is 10.2 Å². The van der Waals surface area contributed by atoms with Crippen LogP contribution in [-0.2, 0) is 35.2 Å². The summed E-state index contributed by atoms with van der Waals surface area (Å²) in [7, 11) is 0. The Bertz CT molecular complexity index is 1250. The fraction of sp³-hybridized carbons (Fsp3) is 0.304. The normalized spacial score (nSPS) is 11.7. The lowest BCUT2D eigenvalue weighted by Gasteiger charge is -2.14. The summed E-state index contributed by atoms with van der Waals surface area (Å²) in [6.45, 7) is 0.158. The highest BCUT2D eigenvalue weighted by Gasteiger charge is 2.30. The largest absolute Gasteiger partial charge is 0.416 e. The topological polar surface area (TPSA) is 165 Å². The van der Waals surface area contributed by atoms with Crippen molar-refractivity contribution in [3.63, 3.8) is 0 Å². The standard InChI is InChI=1S/C23H26F3N9O2S/c24-23(25,26)15-7-9-30-17(11-15)13-31-21(37)18(27)14-35(28)10-4-2-6-20-33-34-22(38-20)32-19(36)12-16-5-1-3-8-29-16/h1,3,5,7-9,11,14H,2,4,6,10,12-13,27-28H2,(H,31,37)(H,32,34,36)/b18-14-. The number of carbonyl (C=O) groups is 2. The summed E-state index contributed by atoms with van der Waals surface area (Å²) in [5, 5.41) is 15.6. The highest BCUT2D eigenvalue weighted by Crippen LogP contribution is 2.29. The molecule has 2 amide bonds. The molecule has 3 aromatic heterocycles. The molecule has 0 saturated carbocycles. The first-order valence-electron chi connectivity index (χ1n) is 11.4. The average Bonchev–Trinajstić information content (AvgIpc) is 3.32. The summed E-state index contributed by atoms with van der Waals surface area (Å²) in [6, 6.07) is 7.04. The lowest BCUT2D eigenvalue weighted by molar-refractivity contribution is -0.137. The van der Waals surface area contributed by atoms with Crippen molar-refractivity contribution in [1.29, 1.82) is 0 Å². The lowest BCUT2D eigenvalue weighted by atomic mass is 10.2. The number of aromatic nitrogens is 4. The third-order valence-electron chi connectivity index (χ3n) is 4.98. The molecule has 0 saturated heterocycles. The molecule has 0 unspecified atom stereocenters. The zero-order valence-electron chi connectivity index (χ0n) is 20.1. The Morgan fingerprint density at radius 2 is 1.87 bits per heavy atom. The molecule has 3 rings (SSSR count). The number of aryl methyl sites for hydroxylation is 1. The molecule has 202 valence electrons. The van der Waals surface area contributed by atoms with Crippen molar-refractivity contribution in [1.82, 2.24) is 30.5 Å². The van der Waals surface area contributed by atoms with Gasteiger partial charge in [-0.1, -0.05) is 17.4 Å². The molecule has 0 fully saturated rings. The molecule has 3 aromatic rings. The molecule has 0 atom stereocenters. The van der Waals surface area contributed by atoms with Gasteiger partial charge in [-0.25, -0.2) is 5.84 Å². The van der Waals surface area contributed by atoms with Crippen molar-refractivity contribution in [2.24, 2.45) is 11.6 Å². The Balaban J connectivity index is 1.36. The van der Waals surface area contributed by atoms with Crippen LogP contribution in [-0.4, -0.2) is 43.5 Å². The number of nitrogens with two attached hydrogens (primary N) is 2. The molecule has 0 radical (unpaired) electrons. The van der Waals surface area contributed by atoms with Gasteiger partial charge < -0.3 is 21.4 Å². The van der Waals surface area contributed by atoms with Crippen molar-refractivity contribution in [3.05, 3.63) is 76.6 Å². The monoisotopic (exact) mass is 549 g/mol. The third-order valence-corrected chi connectivity index (χ3v) is 5.88. The minimum atomic E-state index is -4.50. The molecule has 0 aliphatic heterocycles. The summed E-state index contributed by atoms with van der Waals surface area (Å²) in [5.74, 6) is 4.95. The maximum Gasteiger partial charge on any atom is 0.416 e. The lowest BCUT2D eigenvalue weighted by Crippen LogP contribution is -2.33. The van der Waals surface area contributed by atoms with E-state index in [9.17, 15) is 22.8 Å². The van der Waals surface area contributed by atoms with Gasteiger partial charge in [0.15, 0.2) is 0 Å². The van der Waals surface area contributed by atoms with Crippen LogP contribution in [0.1, 0.15) is 34.8 Å². The van der Waals surface area contributed by atoms with Crippen LogP contribution in [0.3, 0.4) is 0 Å². The van der Waals surface area contributed by atoms with Gasteiger partial charge in [0.05, 0.1) is 24.2 Å². The van der Waals surface area contributed by atoms with Crippen LogP contribution in [0.4, 0.5) is 18.3 Å². The molecule has 15 heteroatoms. The van der Waals surface area contributed by atoms with Gasteiger partial charge in [-0.05, 0) is 37.1 Å². The Labute approximate surface area is 220 Å². The summed E-state index contributed by atoms with van der Waals surface area (Å²) in [6.07, 6.45) is 1.50. The zero-order chi connectivity index (χ0) is 27.5. The van der Waals surface area contributed by atoms with Gasteiger partial charge in [0.1, 0.15) is 10.7 Å². The van der Waals surface area contributed by atoms with Crippen molar-refractivity contribution in [2.45, 2.75) is 38.4 Å². The van der Waals surface area contributed by atoms with Gasteiger partial charge in [-0.2, -0.15) is 13.2 Å². The van der Waals surface area contributed by atoms with E-state index in [2.05, 4.69) is 30.8 Å². The van der Waals surface area contributed by atoms with Gasteiger partial charge in [-0.3, -0.25) is 19.6 Å². The third kappa shape index (κ3) is 9.40. The van der Waals surface area contributed by atoms with E-state index in [1.807, 2.05) is 6.07 Å². The van der Waals surface area contributed by atoms with E-state index in [0.717, 1.165) is 23.3 Å². The summed E-state index contributed by atoms with van der Waals surface area (Å²) in [4.78, 5) is 32.2. The number of amides is 2. The molecular weight excluding hydrogens is 523 g/mol. The minimum Gasteiger partial charge on any atom is -0.393 e. The number of nitrogens with zero attached hydrogens (tertiary/aromatic N) is 5. The molecule has 3 heterocycles. The number of unbranched alkanes of at least 4 members (excludes halogenated alkanes) is 1. The quantitative estimate of drug-likeness (QED) is 0.115. The van der Waals surface area contributed by atoms with Crippen molar-refractivity contribution in [2.75, 3.05) is 11.9 Å². The predicted molar refractivity (Wildman–Crippen MR) is 134 cm³/mol. The van der Waals surface area contributed by atoms with Crippen molar-refractivity contribution < 1.29 is 22.8 Å². The number of hydrogen-bond acceptors (Lipinski definition) is 10. The maximum atomic E-state index is 12.8. The average molecular weight is 550 g/mol. The highest BCUT2D eigenvalue weighted by atomic mass is 32.1. The van der Waals surface area contributed by atoms with E-state index in [4.69, 9.17) is 11.6 Å². The second-order valence-electron chi connectivity index (χ2n) is 8.04. The van der Waals surface area contributed by atoms with Gasteiger partial charge >= 0.3 is 6.18 Å². The first-order chi connectivity index (χ1) is 18.1. The number of nitrogens with one attached hydrogen (secondary N) is 2. The fourth-order valence-electron chi connectivity index (χ4n) is 3.13. The molecule has 0 spiro atoms. The fourth-order valence-corrected chi connectivity index (χ4v) is 3.93. The molecule has 6 N–H and O–H groups in total. The number of anilines is 1. The van der Waals surface area contributed by atoms with Crippen LogP contribution < -0.4 is 22.2 Å². The number of halogens is 3. The SMILES string of the molecule is N/C(=C\N(N)CCCCc1nnc(NC(=O)Cc2ccccn2)s1)C(=O)NCc1cc(C(F)(F)F)ccn1. The van der Waals surface area contributed by atoms with E-state index < -0.39 is 17.6 Å². The van der Waals surface area contributed by atoms with E-state index in [0.29, 0.717) is 36.6 Å². The van der Waals surface area contributed by atoms with Crippen LogP contribution in [0.5, 0.6) is 0 Å². The number of rotatable bonds is 12. The molecular formula is C23H26F3N9O2S. The van der Waals surface area contributed by atoms with E-state index >= 15 is 0 Å². The number of hydrogen-bond donors (Lipinski definition) is 4. The van der Waals surface area contributed by atoms with E-state index in [1.54, 1.807) is 18.3 Å². The summed E-state index contributed by atoms with van der Waals surface area (Å²) < 4.78 is 38.4. The zero-order valence-corrected chi connectivity index (χ0v) is 20.9. The number of carbonyl (C=O) groups excluding carboxylic acids is 2. The van der Waals surface area contributed by atoms with Crippen LogP contribution in [0.25, 0.3) is 0 Å². The minimum absolute atomic E-state index is 0.0400. The Kier molecular flexibility index (Phi) is 10.1. The molecule has 0 aromatic carbocycles. The van der Waals surface area contributed by atoms with E-state index in [1.165, 1.54) is 22.5 Å². The number of pyridine rings is 2. The first-order valence-corrected chi connectivity index (χ1v) is 12.2. The van der Waals surface area contributed by atoms with Crippen LogP contribution >= 0.6 is 11.3 Å². The number of alkyl halides is 3. The first kappa shape index (κ1) is 28.5. The van der Waals surface area contributed by atoms with Gasteiger partial charge in [0, 0.05) is 37.3 Å². The second kappa shape index (κ2) is 13.4. The Morgan fingerprint density at radius 1 is 1.08 bits per heavy atom. The summed E-state index contributed by atoms with van der Waals surface area (Å²) in [5.41, 5.74) is 5.38. The molecule has 11 nitrogen and oxygen atoms in total. The smallest absolute Gasteiger partial charge is 0.393 e. The van der Waals surface area contributed by atoms with Gasteiger partial charge in [0.2, 0.25) is 11.0 Å². The Morgan fingerprint density at radius 3 is 2.61 bits per heavy atom. The highest BCUT2D eigenvalue weighted by molar-refractivity contribution is 7.15. The van der Waals surface area contributed by atoms with Crippen molar-refractivity contribution in [3.8, 4) is 0 Å². The predicted octanol–water partition coefficient (Wildman–Crippen LogP) is 2.14. The molecule has 0 bridgehead atoms. The Hall–Kier alpha value is -4.11. The van der Waals surface area contributed by atoms with Gasteiger partial charge in [0.25, 0.3) is 5.91 Å². The van der Waals surface area contributed by atoms with Crippen LogP contribution in [0.2, 0.25) is 0 Å². The second-order valence-corrected chi connectivity index (χ2v) is 9.10. The van der Waals surface area contributed by atoms with E-state index in [-0.39, 0.29) is 30.3 Å².